The van der Waals surface area contributed by atoms with Crippen LogP contribution in [0.15, 0.2) is 12.1 Å². The van der Waals surface area contributed by atoms with E-state index in [0.29, 0.717) is 35.8 Å². The molecule has 9 nitrogen and oxygen atoms in total. The lowest BCUT2D eigenvalue weighted by Gasteiger charge is -2.20. The van der Waals surface area contributed by atoms with Crippen LogP contribution in [0.4, 0.5) is 0 Å². The first-order valence-electron chi connectivity index (χ1n) is 9.13. The highest BCUT2D eigenvalue weighted by molar-refractivity contribution is 5.87. The van der Waals surface area contributed by atoms with Gasteiger partial charge in [0.1, 0.15) is 6.54 Å². The van der Waals surface area contributed by atoms with E-state index in [1.54, 1.807) is 12.1 Å². The number of benzene rings is 1. The van der Waals surface area contributed by atoms with Crippen LogP contribution in [0.5, 0.6) is 17.2 Å². The molecule has 0 spiro atoms. The molecule has 0 radical (unpaired) electrons. The van der Waals surface area contributed by atoms with Crippen molar-refractivity contribution in [2.75, 3.05) is 34.4 Å². The van der Waals surface area contributed by atoms with Gasteiger partial charge < -0.3 is 19.1 Å². The van der Waals surface area contributed by atoms with E-state index in [1.165, 1.54) is 26.2 Å². The fourth-order valence-electron chi connectivity index (χ4n) is 3.08. The maximum absolute atomic E-state index is 12.2. The van der Waals surface area contributed by atoms with Gasteiger partial charge in [-0.1, -0.05) is 12.5 Å². The van der Waals surface area contributed by atoms with Gasteiger partial charge in [0.25, 0.3) is 5.91 Å². The van der Waals surface area contributed by atoms with Crippen molar-refractivity contribution in [3.8, 4) is 17.2 Å². The predicted molar refractivity (Wildman–Crippen MR) is 101 cm³/mol. The van der Waals surface area contributed by atoms with Crippen LogP contribution in [-0.4, -0.2) is 57.0 Å². The van der Waals surface area contributed by atoms with Crippen LogP contribution in [0, 0.1) is 0 Å². The molecule has 154 valence electrons. The minimum Gasteiger partial charge on any atom is -0.493 e. The first-order valence-corrected chi connectivity index (χ1v) is 9.13. The van der Waals surface area contributed by atoms with E-state index < -0.39 is 11.8 Å². The highest BCUT2D eigenvalue weighted by atomic mass is 16.5. The molecule has 3 amide bonds. The molecule has 9 heteroatoms. The van der Waals surface area contributed by atoms with Crippen LogP contribution < -0.4 is 25.1 Å². The summed E-state index contributed by atoms with van der Waals surface area (Å²) >= 11 is 0. The number of amides is 3. The summed E-state index contributed by atoms with van der Waals surface area (Å²) in [5, 5.41) is 0. The zero-order valence-electron chi connectivity index (χ0n) is 16.5. The number of carbonyl (C=O) groups is 3. The van der Waals surface area contributed by atoms with Crippen LogP contribution in [0.1, 0.15) is 31.2 Å². The number of methoxy groups -OCH3 is 3. The van der Waals surface area contributed by atoms with Crippen LogP contribution in [0.3, 0.4) is 0 Å². The standard InChI is InChI=1S/C19H27N3O6/c1-26-14-9-8-13(18(27-2)19(14)28-3)11-15(23)20-21-16(24)12-22-10-6-4-5-7-17(22)25/h8-9H,4-7,10-12H2,1-3H3,(H,20,23)(H,21,24). The fourth-order valence-corrected chi connectivity index (χ4v) is 3.08. The van der Waals surface area contributed by atoms with Gasteiger partial charge in [-0.25, -0.2) is 0 Å². The number of hydrogen-bond donors (Lipinski definition) is 2. The number of ether oxygens (including phenoxy) is 3. The number of hydrazine groups is 1. The maximum Gasteiger partial charge on any atom is 0.257 e. The first-order chi connectivity index (χ1) is 13.5. The smallest absolute Gasteiger partial charge is 0.257 e. The van der Waals surface area contributed by atoms with Crippen LogP contribution in [0.2, 0.25) is 0 Å². The van der Waals surface area contributed by atoms with Gasteiger partial charge in [-0.05, 0) is 18.9 Å². The van der Waals surface area contributed by atoms with Crippen LogP contribution in [-0.2, 0) is 20.8 Å². The molecule has 0 unspecified atom stereocenters. The van der Waals surface area contributed by atoms with Gasteiger partial charge in [-0.15, -0.1) is 0 Å². The fraction of sp³-hybridized carbons (Fsp3) is 0.526. The van der Waals surface area contributed by atoms with Gasteiger partial charge in [-0.2, -0.15) is 0 Å². The number of nitrogens with one attached hydrogen (secondary N) is 2. The summed E-state index contributed by atoms with van der Waals surface area (Å²) in [5.41, 5.74) is 5.29. The van der Waals surface area contributed by atoms with Crippen LogP contribution >= 0.6 is 0 Å². The minimum absolute atomic E-state index is 0.0333. The Labute approximate surface area is 164 Å². The van der Waals surface area contributed by atoms with Crippen molar-refractivity contribution < 1.29 is 28.6 Å². The molecule has 0 aliphatic carbocycles. The Kier molecular flexibility index (Phi) is 7.91. The molecule has 0 bridgehead atoms. The zero-order chi connectivity index (χ0) is 20.5. The molecule has 1 saturated heterocycles. The van der Waals surface area contributed by atoms with Crippen molar-refractivity contribution in [2.24, 2.45) is 0 Å². The molecule has 1 aliphatic heterocycles. The van der Waals surface area contributed by atoms with E-state index in [1.807, 2.05) is 0 Å². The topological polar surface area (TPSA) is 106 Å². The summed E-state index contributed by atoms with van der Waals surface area (Å²) in [6.07, 6.45) is 3.13. The number of hydrogen-bond acceptors (Lipinski definition) is 6. The Morgan fingerprint density at radius 1 is 0.964 bits per heavy atom. The monoisotopic (exact) mass is 393 g/mol. The summed E-state index contributed by atoms with van der Waals surface area (Å²) in [7, 11) is 4.46. The maximum atomic E-state index is 12.2. The van der Waals surface area contributed by atoms with Gasteiger partial charge in [0.2, 0.25) is 17.6 Å². The van der Waals surface area contributed by atoms with E-state index in [2.05, 4.69) is 10.9 Å². The third-order valence-corrected chi connectivity index (χ3v) is 4.48. The van der Waals surface area contributed by atoms with E-state index in [9.17, 15) is 14.4 Å². The average Bonchev–Trinajstić information content (AvgIpc) is 2.90. The lowest BCUT2D eigenvalue weighted by molar-refractivity contribution is -0.136. The largest absolute Gasteiger partial charge is 0.493 e. The Hall–Kier alpha value is -2.97. The Bertz CT molecular complexity index is 722. The van der Waals surface area contributed by atoms with Crippen molar-refractivity contribution in [3.05, 3.63) is 17.7 Å². The van der Waals surface area contributed by atoms with Gasteiger partial charge in [0.05, 0.1) is 27.8 Å². The predicted octanol–water partition coefficient (Wildman–Crippen LogP) is 0.805. The lowest BCUT2D eigenvalue weighted by Crippen LogP contribution is -2.48. The Morgan fingerprint density at radius 3 is 2.36 bits per heavy atom. The van der Waals surface area contributed by atoms with Crippen molar-refractivity contribution in [1.29, 1.82) is 0 Å². The molecule has 0 aromatic heterocycles. The zero-order valence-corrected chi connectivity index (χ0v) is 16.5. The average molecular weight is 393 g/mol. The van der Waals surface area contributed by atoms with E-state index in [-0.39, 0.29) is 18.9 Å². The SMILES string of the molecule is COc1ccc(CC(=O)NNC(=O)CN2CCCCCC2=O)c(OC)c1OC. The van der Waals surface area contributed by atoms with Crippen molar-refractivity contribution >= 4 is 17.7 Å². The second-order valence-corrected chi connectivity index (χ2v) is 6.39. The van der Waals surface area contributed by atoms with Gasteiger partial charge in [0, 0.05) is 18.5 Å². The number of nitrogens with zero attached hydrogens (tertiary/aromatic N) is 1. The summed E-state index contributed by atoms with van der Waals surface area (Å²) in [4.78, 5) is 37.7. The van der Waals surface area contributed by atoms with Crippen molar-refractivity contribution in [3.63, 3.8) is 0 Å². The Balaban J connectivity index is 1.91. The lowest BCUT2D eigenvalue weighted by atomic mass is 10.1. The van der Waals surface area contributed by atoms with E-state index in [4.69, 9.17) is 14.2 Å². The molecular weight excluding hydrogens is 366 g/mol. The van der Waals surface area contributed by atoms with E-state index in [0.717, 1.165) is 19.3 Å². The Morgan fingerprint density at radius 2 is 1.68 bits per heavy atom. The molecule has 1 aliphatic rings. The molecule has 0 atom stereocenters. The third-order valence-electron chi connectivity index (χ3n) is 4.48. The second kappa shape index (κ2) is 10.4. The second-order valence-electron chi connectivity index (χ2n) is 6.39. The summed E-state index contributed by atoms with van der Waals surface area (Å²) < 4.78 is 15.9. The number of likely N-dealkylation sites (tertiary alicyclic amines) is 1. The molecule has 1 aromatic carbocycles. The number of rotatable bonds is 7. The van der Waals surface area contributed by atoms with Gasteiger partial charge in [0.15, 0.2) is 11.5 Å². The van der Waals surface area contributed by atoms with E-state index >= 15 is 0 Å². The molecule has 1 aromatic rings. The first kappa shape index (κ1) is 21.3. The van der Waals surface area contributed by atoms with Gasteiger partial charge >= 0.3 is 0 Å². The molecule has 1 fully saturated rings. The highest BCUT2D eigenvalue weighted by Gasteiger charge is 2.20. The molecule has 0 saturated carbocycles. The third kappa shape index (κ3) is 5.51. The minimum atomic E-state index is -0.442. The van der Waals surface area contributed by atoms with Crippen LogP contribution in [0.25, 0.3) is 0 Å². The molecule has 28 heavy (non-hydrogen) atoms. The summed E-state index contributed by atoms with van der Waals surface area (Å²) in [6.45, 7) is 0.488. The van der Waals surface area contributed by atoms with Crippen molar-refractivity contribution in [2.45, 2.75) is 32.1 Å². The molecule has 1 heterocycles. The quantitative estimate of drug-likeness (QED) is 0.664. The normalized spacial score (nSPS) is 14.1. The summed E-state index contributed by atoms with van der Waals surface area (Å²) in [6, 6.07) is 3.37. The molecular formula is C19H27N3O6. The highest BCUT2D eigenvalue weighted by Crippen LogP contribution is 2.39. The summed E-state index contributed by atoms with van der Waals surface area (Å²) in [5.74, 6) is 0.356. The number of carbonyl (C=O) groups excluding carboxylic acids is 3. The molecule has 2 N–H and O–H groups in total. The molecule has 2 rings (SSSR count). The van der Waals surface area contributed by atoms with Gasteiger partial charge in [-0.3, -0.25) is 25.2 Å². The van der Waals surface area contributed by atoms with Crippen molar-refractivity contribution in [1.82, 2.24) is 15.8 Å².